The van der Waals surface area contributed by atoms with E-state index in [0.29, 0.717) is 19.3 Å². The fraction of sp³-hybridized carbons (Fsp3) is 0.912. The first-order valence-corrected chi connectivity index (χ1v) is 28.2. The van der Waals surface area contributed by atoms with Gasteiger partial charge in [0.1, 0.15) is 6.61 Å². The number of carbonyl (C=O) groups is 3. The Morgan fingerprint density at radius 3 is 1.11 bits per heavy atom. The quantitative estimate of drug-likeness (QED) is 0.0281. The monoisotopic (exact) mass is 921 g/mol. The largest absolute Gasteiger partial charge is 0.477 e. The Hall–Kier alpha value is -1.93. The highest BCUT2D eigenvalue weighted by molar-refractivity contribution is 5.72. The Morgan fingerprint density at radius 1 is 0.446 bits per heavy atom. The average molecular weight is 922 g/mol. The molecule has 0 aromatic rings. The van der Waals surface area contributed by atoms with Crippen molar-refractivity contribution in [2.45, 2.75) is 296 Å². The number of hydrogen-bond acceptors (Lipinski definition) is 6. The molecule has 0 spiro atoms. The van der Waals surface area contributed by atoms with E-state index in [1.165, 1.54) is 212 Å². The number of carbonyl (C=O) groups excluding carboxylic acids is 2. The maximum Gasteiger partial charge on any atom is 0.362 e. The third-order valence-electron chi connectivity index (χ3n) is 13.2. The second kappa shape index (κ2) is 48.5. The highest BCUT2D eigenvalue weighted by Gasteiger charge is 2.31. The third kappa shape index (κ3) is 46.9. The van der Waals surface area contributed by atoms with Crippen LogP contribution in [0.15, 0.2) is 12.2 Å². The van der Waals surface area contributed by atoms with Crippen LogP contribution in [0.4, 0.5) is 0 Å². The summed E-state index contributed by atoms with van der Waals surface area (Å²) in [6, 6.07) is -0.611. The summed E-state index contributed by atoms with van der Waals surface area (Å²) in [7, 11) is 5.55. The molecule has 384 valence electrons. The van der Waals surface area contributed by atoms with Crippen LogP contribution in [0, 0.1) is 0 Å². The maximum atomic E-state index is 12.8. The molecule has 0 aliphatic carbocycles. The van der Waals surface area contributed by atoms with Crippen LogP contribution in [-0.4, -0.2) is 80.6 Å². The van der Waals surface area contributed by atoms with Crippen molar-refractivity contribution in [3.63, 3.8) is 0 Å². The van der Waals surface area contributed by atoms with Crippen molar-refractivity contribution in [1.29, 1.82) is 0 Å². The van der Waals surface area contributed by atoms with E-state index in [9.17, 15) is 19.5 Å². The lowest BCUT2D eigenvalue weighted by Crippen LogP contribution is -2.50. The normalized spacial score (nSPS) is 12.8. The zero-order valence-electron chi connectivity index (χ0n) is 44.0. The minimum atomic E-state index is -0.869. The highest BCUT2D eigenvalue weighted by atomic mass is 16.6. The smallest absolute Gasteiger partial charge is 0.362 e. The Labute approximate surface area is 403 Å². The number of allylic oxidation sites excluding steroid dienone is 2. The molecule has 0 fully saturated rings. The maximum absolute atomic E-state index is 12.8. The molecule has 0 bridgehead atoms. The van der Waals surface area contributed by atoms with Crippen LogP contribution in [-0.2, 0) is 28.6 Å². The molecule has 0 heterocycles. The van der Waals surface area contributed by atoms with E-state index < -0.39 is 18.1 Å². The topological polar surface area (TPSA) is 99.1 Å². The van der Waals surface area contributed by atoms with Crippen molar-refractivity contribution in [2.75, 3.05) is 41.0 Å². The Bertz CT molecular complexity index is 1070. The second-order valence-corrected chi connectivity index (χ2v) is 20.6. The number of rotatable bonds is 52. The Morgan fingerprint density at radius 2 is 0.769 bits per heavy atom. The molecule has 8 heteroatoms. The van der Waals surface area contributed by atoms with Crippen molar-refractivity contribution in [3.05, 3.63) is 12.2 Å². The van der Waals surface area contributed by atoms with Gasteiger partial charge in [0, 0.05) is 19.3 Å². The van der Waals surface area contributed by atoms with Gasteiger partial charge in [0.15, 0.2) is 12.1 Å². The fourth-order valence-electron chi connectivity index (χ4n) is 8.80. The van der Waals surface area contributed by atoms with Crippen LogP contribution >= 0.6 is 0 Å². The molecular weight excluding hydrogens is 811 g/mol. The summed E-state index contributed by atoms with van der Waals surface area (Å²) < 4.78 is 17.4. The number of unbranched alkanes of at least 4 members (excludes halogenated alkanes) is 36. The lowest BCUT2D eigenvalue weighted by molar-refractivity contribution is -0.887. The van der Waals surface area contributed by atoms with Crippen LogP contribution in [0.25, 0.3) is 0 Å². The minimum Gasteiger partial charge on any atom is -0.477 e. The van der Waals surface area contributed by atoms with Gasteiger partial charge >= 0.3 is 17.9 Å². The summed E-state index contributed by atoms with van der Waals surface area (Å²) in [4.78, 5) is 37.2. The van der Waals surface area contributed by atoms with E-state index in [2.05, 4.69) is 26.0 Å². The number of carboxylic acids is 1. The Kier molecular flexibility index (Phi) is 47.1. The van der Waals surface area contributed by atoms with Gasteiger partial charge in [-0.2, -0.15) is 0 Å². The SMILES string of the molecule is CCCCCCCCCC/C=C\CCCCCCCCCCCCCC(=O)OC(COCCC(C(=O)O)[N+](C)(C)C)COC(=O)CCCCCCCCCCCCCCCCCCCC. The number of nitrogens with zero attached hydrogens (tertiary/aromatic N) is 1. The molecule has 0 aromatic heterocycles. The summed E-state index contributed by atoms with van der Waals surface area (Å²) >= 11 is 0. The zero-order valence-corrected chi connectivity index (χ0v) is 44.0. The van der Waals surface area contributed by atoms with Crippen LogP contribution < -0.4 is 0 Å². The number of aliphatic carboxylic acids is 1. The molecule has 2 unspecified atom stereocenters. The van der Waals surface area contributed by atoms with E-state index in [-0.39, 0.29) is 36.2 Å². The number of esters is 2. The van der Waals surface area contributed by atoms with E-state index in [1.54, 1.807) is 0 Å². The molecule has 1 N–H and O–H groups in total. The molecule has 8 nitrogen and oxygen atoms in total. The van der Waals surface area contributed by atoms with Gasteiger partial charge in [-0.25, -0.2) is 4.79 Å². The Balaban J connectivity index is 4.14. The van der Waals surface area contributed by atoms with Gasteiger partial charge in [-0.3, -0.25) is 9.59 Å². The molecule has 0 aliphatic rings. The van der Waals surface area contributed by atoms with E-state index in [0.717, 1.165) is 38.5 Å². The first-order valence-electron chi connectivity index (χ1n) is 28.2. The van der Waals surface area contributed by atoms with Gasteiger partial charge in [0.25, 0.3) is 0 Å². The number of hydrogen-bond donors (Lipinski definition) is 1. The molecule has 0 aromatic carbocycles. The first kappa shape index (κ1) is 63.1. The molecule has 0 rings (SSSR count). The van der Waals surface area contributed by atoms with E-state index >= 15 is 0 Å². The first-order chi connectivity index (χ1) is 31.6. The molecular formula is C57H110NO7+. The molecule has 2 atom stereocenters. The molecule has 0 saturated carbocycles. The third-order valence-corrected chi connectivity index (χ3v) is 13.2. The molecule has 0 radical (unpaired) electrons. The highest BCUT2D eigenvalue weighted by Crippen LogP contribution is 2.17. The van der Waals surface area contributed by atoms with Crippen LogP contribution in [0.1, 0.15) is 284 Å². The average Bonchev–Trinajstić information content (AvgIpc) is 3.27. The molecule has 65 heavy (non-hydrogen) atoms. The van der Waals surface area contributed by atoms with Crippen LogP contribution in [0.5, 0.6) is 0 Å². The predicted molar refractivity (Wildman–Crippen MR) is 276 cm³/mol. The fourth-order valence-corrected chi connectivity index (χ4v) is 8.80. The minimum absolute atomic E-state index is 0.0439. The summed E-state index contributed by atoms with van der Waals surface area (Å²) in [5.74, 6) is -1.44. The van der Waals surface area contributed by atoms with Gasteiger partial charge in [0.2, 0.25) is 0 Å². The number of quaternary nitrogens is 1. The molecule has 0 saturated heterocycles. The van der Waals surface area contributed by atoms with Crippen molar-refractivity contribution in [1.82, 2.24) is 0 Å². The summed E-state index contributed by atoms with van der Waals surface area (Å²) in [5, 5.41) is 9.67. The van der Waals surface area contributed by atoms with Gasteiger partial charge in [-0.05, 0) is 38.5 Å². The second-order valence-electron chi connectivity index (χ2n) is 20.6. The van der Waals surface area contributed by atoms with Crippen molar-refractivity contribution in [2.24, 2.45) is 0 Å². The van der Waals surface area contributed by atoms with Gasteiger partial charge in [0.05, 0.1) is 34.4 Å². The summed E-state index contributed by atoms with van der Waals surface area (Å²) in [6.07, 6.45) is 55.5. The lowest BCUT2D eigenvalue weighted by Gasteiger charge is -2.31. The number of likely N-dealkylation sites (N-methyl/N-ethyl adjacent to an activating group) is 1. The zero-order chi connectivity index (χ0) is 47.7. The van der Waals surface area contributed by atoms with Gasteiger partial charge in [-0.15, -0.1) is 0 Å². The van der Waals surface area contributed by atoms with Crippen LogP contribution in [0.2, 0.25) is 0 Å². The predicted octanol–water partition coefficient (Wildman–Crippen LogP) is 16.6. The van der Waals surface area contributed by atoms with Crippen molar-refractivity contribution < 1.29 is 38.2 Å². The van der Waals surface area contributed by atoms with E-state index in [1.807, 2.05) is 21.1 Å². The standard InChI is InChI=1S/C57H109NO7/c1-6-8-10-12-14-16-18-20-22-24-26-27-28-29-30-32-34-36-38-40-42-44-46-48-56(60)65-53(51-63-50-49-54(57(61)62)58(3,4)5)52-64-55(59)47-45-43-41-39-37-35-33-31-25-23-21-19-17-15-13-11-9-7-2/h24,26,53-54H,6-23,25,27-52H2,1-5H3/p+1/b26-24-. The molecule has 0 aliphatic heterocycles. The summed E-state index contributed by atoms with van der Waals surface area (Å²) in [5.41, 5.74) is 0. The van der Waals surface area contributed by atoms with Gasteiger partial charge < -0.3 is 23.8 Å². The van der Waals surface area contributed by atoms with Gasteiger partial charge in [-0.1, -0.05) is 238 Å². The van der Waals surface area contributed by atoms with E-state index in [4.69, 9.17) is 14.2 Å². The lowest BCUT2D eigenvalue weighted by atomic mass is 10.0. The number of carboxylic acid groups (broad SMARTS) is 1. The van der Waals surface area contributed by atoms with Crippen LogP contribution in [0.3, 0.4) is 0 Å². The summed E-state index contributed by atoms with van der Waals surface area (Å²) in [6.45, 7) is 4.80. The van der Waals surface area contributed by atoms with Crippen molar-refractivity contribution in [3.8, 4) is 0 Å². The molecule has 0 amide bonds. The van der Waals surface area contributed by atoms with Crippen molar-refractivity contribution >= 4 is 17.9 Å². The number of ether oxygens (including phenoxy) is 3.